The van der Waals surface area contributed by atoms with Crippen molar-refractivity contribution in [2.24, 2.45) is 12.8 Å². The lowest BCUT2D eigenvalue weighted by Gasteiger charge is -2.12. The van der Waals surface area contributed by atoms with E-state index in [1.54, 1.807) is 10.7 Å². The Bertz CT molecular complexity index is 565. The maximum atomic E-state index is 13.7. The number of nitrogens with zero attached hydrogens (tertiary/aromatic N) is 2. The van der Waals surface area contributed by atoms with E-state index in [4.69, 9.17) is 5.73 Å². The first-order valence-electron chi connectivity index (χ1n) is 5.67. The summed E-state index contributed by atoms with van der Waals surface area (Å²) in [5.41, 5.74) is 8.55. The fourth-order valence-electron chi connectivity index (χ4n) is 2.01. The first-order chi connectivity index (χ1) is 8.47. The van der Waals surface area contributed by atoms with Crippen LogP contribution >= 0.6 is 15.9 Å². The van der Waals surface area contributed by atoms with Crippen LogP contribution < -0.4 is 5.73 Å². The van der Waals surface area contributed by atoms with Gasteiger partial charge in [-0.25, -0.2) is 4.39 Å². The van der Waals surface area contributed by atoms with Crippen LogP contribution in [0, 0.1) is 12.7 Å². The average molecular weight is 312 g/mol. The van der Waals surface area contributed by atoms with E-state index in [1.165, 1.54) is 6.07 Å². The van der Waals surface area contributed by atoms with Gasteiger partial charge in [0.05, 0.1) is 17.4 Å². The molecule has 1 unspecified atom stereocenters. The predicted octanol–water partition coefficient (Wildman–Crippen LogP) is 2.87. The van der Waals surface area contributed by atoms with Crippen LogP contribution in [0.2, 0.25) is 0 Å². The highest BCUT2D eigenvalue weighted by molar-refractivity contribution is 9.10. The van der Waals surface area contributed by atoms with Gasteiger partial charge in [-0.05, 0) is 37.1 Å². The van der Waals surface area contributed by atoms with Crippen molar-refractivity contribution in [3.8, 4) is 0 Å². The monoisotopic (exact) mass is 311 g/mol. The van der Waals surface area contributed by atoms with Crippen molar-refractivity contribution in [2.45, 2.75) is 19.4 Å². The molecule has 1 aromatic heterocycles. The molecule has 0 fully saturated rings. The molecule has 18 heavy (non-hydrogen) atoms. The van der Waals surface area contributed by atoms with Gasteiger partial charge in [-0.15, -0.1) is 0 Å². The number of aromatic nitrogens is 2. The van der Waals surface area contributed by atoms with Crippen molar-refractivity contribution < 1.29 is 4.39 Å². The summed E-state index contributed by atoms with van der Waals surface area (Å²) in [6.07, 6.45) is 0.456. The van der Waals surface area contributed by atoms with Gasteiger partial charge in [-0.1, -0.05) is 22.0 Å². The molecule has 0 spiro atoms. The van der Waals surface area contributed by atoms with E-state index in [-0.39, 0.29) is 11.9 Å². The molecular formula is C13H15BrFN3. The van der Waals surface area contributed by atoms with E-state index >= 15 is 0 Å². The summed E-state index contributed by atoms with van der Waals surface area (Å²) in [6.45, 7) is 1.91. The minimum atomic E-state index is -0.258. The molecule has 0 radical (unpaired) electrons. The van der Waals surface area contributed by atoms with Crippen molar-refractivity contribution in [1.29, 1.82) is 0 Å². The highest BCUT2D eigenvalue weighted by Crippen LogP contribution is 2.21. The second kappa shape index (κ2) is 5.20. The van der Waals surface area contributed by atoms with Gasteiger partial charge in [0.25, 0.3) is 0 Å². The van der Waals surface area contributed by atoms with Crippen LogP contribution in [0.4, 0.5) is 4.39 Å². The fourth-order valence-corrected chi connectivity index (χ4v) is 2.34. The van der Waals surface area contributed by atoms with Crippen molar-refractivity contribution >= 4 is 15.9 Å². The third-order valence-corrected chi connectivity index (χ3v) is 3.37. The highest BCUT2D eigenvalue weighted by Gasteiger charge is 2.14. The van der Waals surface area contributed by atoms with Crippen LogP contribution in [-0.2, 0) is 13.5 Å². The van der Waals surface area contributed by atoms with Gasteiger partial charge in [0.1, 0.15) is 5.82 Å². The van der Waals surface area contributed by atoms with Crippen molar-refractivity contribution in [3.05, 3.63) is 51.5 Å². The van der Waals surface area contributed by atoms with E-state index in [0.29, 0.717) is 12.0 Å². The smallest absolute Gasteiger partial charge is 0.127 e. The molecule has 0 aliphatic heterocycles. The summed E-state index contributed by atoms with van der Waals surface area (Å²) in [7, 11) is 1.85. The number of aryl methyl sites for hydroxylation is 2. The topological polar surface area (TPSA) is 43.8 Å². The summed E-state index contributed by atoms with van der Waals surface area (Å²) < 4.78 is 16.2. The third kappa shape index (κ3) is 2.79. The Morgan fingerprint density at radius 2 is 2.17 bits per heavy atom. The normalized spacial score (nSPS) is 12.7. The molecule has 0 aliphatic rings. The molecule has 3 nitrogen and oxygen atoms in total. The minimum absolute atomic E-state index is 0.237. The standard InChI is InChI=1S/C13H15BrFN3/c1-8-5-13(18(2)17-8)12(16)6-9-3-4-10(14)7-11(9)15/h3-5,7,12H,6,16H2,1-2H3. The molecule has 96 valence electrons. The SMILES string of the molecule is Cc1cc(C(N)Cc2ccc(Br)cc2F)n(C)n1. The number of halogens is 2. The lowest BCUT2D eigenvalue weighted by Crippen LogP contribution is -2.17. The van der Waals surface area contributed by atoms with Gasteiger partial charge in [0, 0.05) is 11.5 Å². The summed E-state index contributed by atoms with van der Waals surface area (Å²) >= 11 is 3.24. The molecule has 5 heteroatoms. The minimum Gasteiger partial charge on any atom is -0.322 e. The largest absolute Gasteiger partial charge is 0.322 e. The zero-order chi connectivity index (χ0) is 13.3. The summed E-state index contributed by atoms with van der Waals surface area (Å²) in [4.78, 5) is 0. The zero-order valence-corrected chi connectivity index (χ0v) is 11.9. The molecule has 2 N–H and O–H groups in total. The summed E-state index contributed by atoms with van der Waals surface area (Å²) in [5.74, 6) is -0.237. The van der Waals surface area contributed by atoms with E-state index in [2.05, 4.69) is 21.0 Å². The van der Waals surface area contributed by atoms with Crippen LogP contribution in [0.5, 0.6) is 0 Å². The van der Waals surface area contributed by atoms with E-state index in [9.17, 15) is 4.39 Å². The Kier molecular flexibility index (Phi) is 3.82. The Hall–Kier alpha value is -1.20. The predicted molar refractivity (Wildman–Crippen MR) is 72.7 cm³/mol. The maximum Gasteiger partial charge on any atom is 0.127 e. The van der Waals surface area contributed by atoms with Gasteiger partial charge < -0.3 is 5.73 Å². The Labute approximate surface area is 114 Å². The number of hydrogen-bond donors (Lipinski definition) is 1. The summed E-state index contributed by atoms with van der Waals surface area (Å²) in [6, 6.07) is 6.70. The fraction of sp³-hybridized carbons (Fsp3) is 0.308. The van der Waals surface area contributed by atoms with Crippen molar-refractivity contribution in [3.63, 3.8) is 0 Å². The van der Waals surface area contributed by atoms with Gasteiger partial charge >= 0.3 is 0 Å². The van der Waals surface area contributed by atoms with Gasteiger partial charge in [-0.2, -0.15) is 5.10 Å². The Morgan fingerprint density at radius 1 is 1.44 bits per heavy atom. The van der Waals surface area contributed by atoms with E-state index < -0.39 is 0 Å². The number of benzene rings is 1. The number of nitrogens with two attached hydrogens (primary N) is 1. The molecule has 1 atom stereocenters. The second-order valence-corrected chi connectivity index (χ2v) is 5.30. The molecule has 0 saturated heterocycles. The van der Waals surface area contributed by atoms with Gasteiger partial charge in [-0.3, -0.25) is 4.68 Å². The van der Waals surface area contributed by atoms with Crippen LogP contribution in [0.25, 0.3) is 0 Å². The average Bonchev–Trinajstić information content (AvgIpc) is 2.62. The second-order valence-electron chi connectivity index (χ2n) is 4.38. The molecule has 2 rings (SSSR count). The van der Waals surface area contributed by atoms with E-state index in [0.717, 1.165) is 15.9 Å². The highest BCUT2D eigenvalue weighted by atomic mass is 79.9. The summed E-state index contributed by atoms with van der Waals surface area (Å²) in [5, 5.41) is 4.25. The lowest BCUT2D eigenvalue weighted by atomic mass is 10.0. The third-order valence-electron chi connectivity index (χ3n) is 2.87. The molecule has 0 bridgehead atoms. The molecule has 1 aromatic carbocycles. The maximum absolute atomic E-state index is 13.7. The van der Waals surface area contributed by atoms with Gasteiger partial charge in [0.2, 0.25) is 0 Å². The van der Waals surface area contributed by atoms with Crippen LogP contribution in [0.1, 0.15) is 23.0 Å². The van der Waals surface area contributed by atoms with E-state index in [1.807, 2.05) is 26.1 Å². The Balaban J connectivity index is 2.21. The molecule has 0 amide bonds. The molecule has 0 saturated carbocycles. The van der Waals surface area contributed by atoms with Crippen molar-refractivity contribution in [2.75, 3.05) is 0 Å². The zero-order valence-electron chi connectivity index (χ0n) is 10.3. The molecule has 2 aromatic rings. The number of hydrogen-bond acceptors (Lipinski definition) is 2. The van der Waals surface area contributed by atoms with Crippen molar-refractivity contribution in [1.82, 2.24) is 9.78 Å². The first kappa shape index (κ1) is 13.2. The first-order valence-corrected chi connectivity index (χ1v) is 6.46. The molecular weight excluding hydrogens is 297 g/mol. The Morgan fingerprint density at radius 3 is 2.72 bits per heavy atom. The van der Waals surface area contributed by atoms with Crippen LogP contribution in [0.15, 0.2) is 28.7 Å². The van der Waals surface area contributed by atoms with Crippen LogP contribution in [-0.4, -0.2) is 9.78 Å². The van der Waals surface area contributed by atoms with Gasteiger partial charge in [0.15, 0.2) is 0 Å². The van der Waals surface area contributed by atoms with Crippen LogP contribution in [0.3, 0.4) is 0 Å². The lowest BCUT2D eigenvalue weighted by molar-refractivity contribution is 0.573. The number of rotatable bonds is 3. The quantitative estimate of drug-likeness (QED) is 0.947. The molecule has 0 aliphatic carbocycles. The molecule has 1 heterocycles.